The fraction of sp³-hybridized carbons (Fsp3) is 0.500. The summed E-state index contributed by atoms with van der Waals surface area (Å²) in [4.78, 5) is 3.36. The fourth-order valence-corrected chi connectivity index (χ4v) is 5.28. The van der Waals surface area contributed by atoms with Gasteiger partial charge in [-0.25, -0.2) is 8.42 Å². The quantitative estimate of drug-likeness (QED) is 0.890. The molecule has 1 aliphatic carbocycles. The van der Waals surface area contributed by atoms with Gasteiger partial charge in [0.25, 0.3) is 0 Å². The minimum atomic E-state index is -2.91. The lowest BCUT2D eigenvalue weighted by Crippen LogP contribution is -2.48. The predicted octanol–water partition coefficient (Wildman–Crippen LogP) is 1.83. The maximum Gasteiger partial charge on any atom is 0.147 e. The Morgan fingerprint density at radius 1 is 1.33 bits per heavy atom. The summed E-state index contributed by atoms with van der Waals surface area (Å²) in [5.41, 5.74) is 3.97. The topological polar surface area (TPSA) is 62.0 Å². The molecule has 0 saturated carbocycles. The molecule has 2 N–H and O–H groups in total. The van der Waals surface area contributed by atoms with Crippen molar-refractivity contribution in [1.29, 1.82) is 0 Å². The van der Waals surface area contributed by atoms with Crippen molar-refractivity contribution in [3.63, 3.8) is 0 Å². The molecule has 2 aliphatic rings. The third-order valence-electron chi connectivity index (χ3n) is 4.94. The Hall–Kier alpha value is -1.33. The van der Waals surface area contributed by atoms with E-state index in [2.05, 4.69) is 34.7 Å². The van der Waals surface area contributed by atoms with Crippen LogP contribution in [0.15, 0.2) is 24.4 Å². The van der Waals surface area contributed by atoms with E-state index in [9.17, 15) is 8.42 Å². The molecule has 21 heavy (non-hydrogen) atoms. The zero-order valence-electron chi connectivity index (χ0n) is 12.1. The molecule has 1 fully saturated rings. The summed E-state index contributed by atoms with van der Waals surface area (Å²) in [5.74, 6) is 0.939. The minimum Gasteiger partial charge on any atom is -0.361 e. The van der Waals surface area contributed by atoms with Crippen molar-refractivity contribution >= 4 is 20.7 Å². The summed E-state index contributed by atoms with van der Waals surface area (Å²) >= 11 is 0. The maximum atomic E-state index is 11.6. The number of aromatic nitrogens is 1. The van der Waals surface area contributed by atoms with Gasteiger partial charge < -0.3 is 10.3 Å². The third kappa shape index (κ3) is 2.28. The zero-order chi connectivity index (χ0) is 14.6. The van der Waals surface area contributed by atoms with Crippen molar-refractivity contribution in [3.8, 4) is 0 Å². The van der Waals surface area contributed by atoms with E-state index in [4.69, 9.17) is 0 Å². The first-order chi connectivity index (χ1) is 10.0. The van der Waals surface area contributed by atoms with E-state index in [0.29, 0.717) is 17.7 Å². The summed E-state index contributed by atoms with van der Waals surface area (Å²) in [7, 11) is -2.91. The van der Waals surface area contributed by atoms with Crippen LogP contribution in [0.2, 0.25) is 0 Å². The van der Waals surface area contributed by atoms with Crippen LogP contribution in [0.25, 0.3) is 10.9 Å². The Labute approximate surface area is 124 Å². The average molecular weight is 304 g/mol. The molecule has 0 spiro atoms. The van der Waals surface area contributed by atoms with Gasteiger partial charge in [0, 0.05) is 35.3 Å². The largest absolute Gasteiger partial charge is 0.361 e. The number of benzene rings is 1. The van der Waals surface area contributed by atoms with Crippen LogP contribution in [0, 0.1) is 5.92 Å². The van der Waals surface area contributed by atoms with Crippen molar-refractivity contribution in [2.24, 2.45) is 5.92 Å². The van der Waals surface area contributed by atoms with Gasteiger partial charge in [-0.1, -0.05) is 12.1 Å². The SMILES string of the molecule is CS(=O)(=O)CC1CN[C@@H]2Cc3c[nH]c4cccc(c34)[C@H]2C1. The molecule has 2 heterocycles. The first-order valence-electron chi connectivity index (χ1n) is 7.51. The lowest BCUT2D eigenvalue weighted by atomic mass is 9.73. The number of hydrogen-bond acceptors (Lipinski definition) is 3. The molecular formula is C16H20N2O2S. The summed E-state index contributed by atoms with van der Waals surface area (Å²) in [5, 5.41) is 4.95. The normalized spacial score (nSPS) is 28.5. The summed E-state index contributed by atoms with van der Waals surface area (Å²) in [6, 6.07) is 6.86. The lowest BCUT2D eigenvalue weighted by molar-refractivity contribution is 0.284. The van der Waals surface area contributed by atoms with E-state index < -0.39 is 9.84 Å². The Morgan fingerprint density at radius 3 is 3.00 bits per heavy atom. The molecule has 0 bridgehead atoms. The highest BCUT2D eigenvalue weighted by molar-refractivity contribution is 7.90. The second-order valence-corrected chi connectivity index (χ2v) is 8.79. The van der Waals surface area contributed by atoms with Gasteiger partial charge in [-0.3, -0.25) is 0 Å². The highest BCUT2D eigenvalue weighted by Gasteiger charge is 2.36. The summed E-state index contributed by atoms with van der Waals surface area (Å²) in [6.07, 6.45) is 5.46. The van der Waals surface area contributed by atoms with Gasteiger partial charge in [-0.05, 0) is 42.5 Å². The van der Waals surface area contributed by atoms with Crippen LogP contribution in [-0.2, 0) is 16.3 Å². The summed E-state index contributed by atoms with van der Waals surface area (Å²) in [6.45, 7) is 0.809. The first-order valence-corrected chi connectivity index (χ1v) is 9.57. The van der Waals surface area contributed by atoms with E-state index in [1.54, 1.807) is 0 Å². The van der Waals surface area contributed by atoms with Crippen LogP contribution in [0.1, 0.15) is 23.5 Å². The number of aromatic amines is 1. The highest BCUT2D eigenvalue weighted by atomic mass is 32.2. The standard InChI is InChI=1S/C16H20N2O2S/c1-21(19,20)9-10-5-13-12-3-2-4-14-16(12)11(8-18-14)6-15(13)17-7-10/h2-4,8,10,13,15,17-18H,5-7,9H2,1H3/t10?,13-,15-/m1/s1. The van der Waals surface area contributed by atoms with Crippen LogP contribution in [-0.4, -0.2) is 38.0 Å². The molecule has 4 nitrogen and oxygen atoms in total. The number of fused-ring (bicyclic) bond motifs is 2. The molecule has 112 valence electrons. The number of rotatable bonds is 2. The van der Waals surface area contributed by atoms with Gasteiger partial charge >= 0.3 is 0 Å². The predicted molar refractivity (Wildman–Crippen MR) is 84.4 cm³/mol. The Balaban J connectivity index is 1.71. The Bertz CT molecular complexity index is 794. The van der Waals surface area contributed by atoms with Gasteiger partial charge in [0.05, 0.1) is 5.75 Å². The lowest BCUT2D eigenvalue weighted by Gasteiger charge is -2.40. The molecule has 1 saturated heterocycles. The Morgan fingerprint density at radius 2 is 2.19 bits per heavy atom. The van der Waals surface area contributed by atoms with Gasteiger partial charge in [0.1, 0.15) is 9.84 Å². The molecule has 2 aromatic rings. The molecule has 0 radical (unpaired) electrons. The Kier molecular flexibility index (Phi) is 2.91. The van der Waals surface area contributed by atoms with Crippen LogP contribution in [0.4, 0.5) is 0 Å². The maximum absolute atomic E-state index is 11.6. The monoisotopic (exact) mass is 304 g/mol. The van der Waals surface area contributed by atoms with Gasteiger partial charge in [-0.15, -0.1) is 0 Å². The van der Waals surface area contributed by atoms with E-state index in [-0.39, 0.29) is 5.92 Å². The van der Waals surface area contributed by atoms with E-state index in [1.807, 2.05) is 0 Å². The zero-order valence-corrected chi connectivity index (χ0v) is 12.9. The van der Waals surface area contributed by atoms with E-state index in [0.717, 1.165) is 19.4 Å². The van der Waals surface area contributed by atoms with Crippen molar-refractivity contribution in [1.82, 2.24) is 10.3 Å². The number of sulfone groups is 1. The highest BCUT2D eigenvalue weighted by Crippen LogP contribution is 2.41. The van der Waals surface area contributed by atoms with Crippen molar-refractivity contribution < 1.29 is 8.42 Å². The second kappa shape index (κ2) is 4.58. The van der Waals surface area contributed by atoms with Crippen molar-refractivity contribution in [2.45, 2.75) is 24.8 Å². The summed E-state index contributed by atoms with van der Waals surface area (Å²) < 4.78 is 23.1. The second-order valence-electron chi connectivity index (χ2n) is 6.60. The average Bonchev–Trinajstić information content (AvgIpc) is 2.83. The van der Waals surface area contributed by atoms with Crippen LogP contribution in [0.5, 0.6) is 0 Å². The minimum absolute atomic E-state index is 0.219. The third-order valence-corrected chi connectivity index (χ3v) is 6.02. The number of hydrogen-bond donors (Lipinski definition) is 2. The van der Waals surface area contributed by atoms with Gasteiger partial charge in [-0.2, -0.15) is 0 Å². The molecule has 0 amide bonds. The van der Waals surface area contributed by atoms with E-state index >= 15 is 0 Å². The van der Waals surface area contributed by atoms with Crippen LogP contribution >= 0.6 is 0 Å². The molecular weight excluding hydrogens is 284 g/mol. The molecule has 1 aromatic heterocycles. The van der Waals surface area contributed by atoms with Crippen LogP contribution in [0.3, 0.4) is 0 Å². The van der Waals surface area contributed by atoms with Gasteiger partial charge in [0.15, 0.2) is 0 Å². The number of H-pyrrole nitrogens is 1. The molecule has 4 rings (SSSR count). The molecule has 1 aromatic carbocycles. The molecule has 5 heteroatoms. The van der Waals surface area contributed by atoms with E-state index in [1.165, 1.54) is 28.3 Å². The number of piperidine rings is 1. The van der Waals surface area contributed by atoms with Crippen LogP contribution < -0.4 is 5.32 Å². The van der Waals surface area contributed by atoms with Crippen molar-refractivity contribution in [3.05, 3.63) is 35.5 Å². The first kappa shape index (κ1) is 13.3. The number of nitrogens with one attached hydrogen (secondary N) is 2. The molecule has 1 aliphatic heterocycles. The molecule has 3 atom stereocenters. The van der Waals surface area contributed by atoms with Crippen molar-refractivity contribution in [2.75, 3.05) is 18.6 Å². The smallest absolute Gasteiger partial charge is 0.147 e. The fourth-order valence-electron chi connectivity index (χ4n) is 4.17. The molecule has 1 unspecified atom stereocenters. The van der Waals surface area contributed by atoms with Gasteiger partial charge in [0.2, 0.25) is 0 Å².